The van der Waals surface area contributed by atoms with Crippen molar-refractivity contribution in [2.24, 2.45) is 0 Å². The van der Waals surface area contributed by atoms with Crippen LogP contribution in [0.3, 0.4) is 0 Å². The molecule has 2 atom stereocenters. The van der Waals surface area contributed by atoms with Crippen LogP contribution in [0.4, 0.5) is 0 Å². The monoisotopic (exact) mass is 286 g/mol. The summed E-state index contributed by atoms with van der Waals surface area (Å²) in [7, 11) is 0. The molecule has 3 aliphatic carbocycles. The van der Waals surface area contributed by atoms with Gasteiger partial charge in [-0.3, -0.25) is 0 Å². The Morgan fingerprint density at radius 2 is 1.50 bits per heavy atom. The second-order valence-corrected chi connectivity index (χ2v) is 5.97. The molecule has 2 aromatic carbocycles. The zero-order chi connectivity index (χ0) is 14.8. The molecule has 5 rings (SSSR count). The smallest absolute Gasteiger partial charge is 0.0972 e. The number of allylic oxidation sites excluding steroid dienone is 3. The van der Waals surface area contributed by atoms with E-state index < -0.39 is 12.2 Å². The lowest BCUT2D eigenvalue weighted by Crippen LogP contribution is -2.25. The highest BCUT2D eigenvalue weighted by atomic mass is 16.3. The van der Waals surface area contributed by atoms with Crippen LogP contribution in [0.1, 0.15) is 0 Å². The predicted molar refractivity (Wildman–Crippen MR) is 87.3 cm³/mol. The maximum absolute atomic E-state index is 10.3. The zero-order valence-corrected chi connectivity index (χ0v) is 11.8. The molecule has 2 nitrogen and oxygen atoms in total. The van der Waals surface area contributed by atoms with Crippen LogP contribution >= 0.6 is 0 Å². The summed E-state index contributed by atoms with van der Waals surface area (Å²) in [6.07, 6.45) is 6.08. The lowest BCUT2D eigenvalue weighted by molar-refractivity contribution is 0.192. The Morgan fingerprint density at radius 1 is 0.773 bits per heavy atom. The van der Waals surface area contributed by atoms with Gasteiger partial charge in [-0.25, -0.2) is 0 Å². The molecule has 0 radical (unpaired) electrons. The third kappa shape index (κ3) is 1.36. The summed E-state index contributed by atoms with van der Waals surface area (Å²) in [5.74, 6) is 0. The van der Waals surface area contributed by atoms with Crippen molar-refractivity contribution < 1.29 is 10.2 Å². The molecule has 2 N–H and O–H groups in total. The van der Waals surface area contributed by atoms with Gasteiger partial charge in [-0.15, -0.1) is 0 Å². The van der Waals surface area contributed by atoms with E-state index in [1.54, 1.807) is 12.2 Å². The van der Waals surface area contributed by atoms with Crippen LogP contribution in [0.5, 0.6) is 0 Å². The number of aliphatic hydroxyl groups excluding tert-OH is 2. The minimum absolute atomic E-state index is 0.704. The van der Waals surface area contributed by atoms with E-state index in [1.807, 2.05) is 18.2 Å². The van der Waals surface area contributed by atoms with E-state index in [0.717, 1.165) is 16.7 Å². The van der Waals surface area contributed by atoms with Crippen LogP contribution in [-0.4, -0.2) is 22.4 Å². The summed E-state index contributed by atoms with van der Waals surface area (Å²) in [5, 5.41) is 25.3. The lowest BCUT2D eigenvalue weighted by atomic mass is 9.82. The zero-order valence-electron chi connectivity index (χ0n) is 11.8. The molecule has 0 bridgehead atoms. The fraction of sp³-hybridized carbons (Fsp3) is 0.100. The van der Waals surface area contributed by atoms with Crippen molar-refractivity contribution in [3.05, 3.63) is 82.3 Å². The Morgan fingerprint density at radius 3 is 2.32 bits per heavy atom. The molecule has 3 aliphatic rings. The topological polar surface area (TPSA) is 40.5 Å². The first-order valence-corrected chi connectivity index (χ1v) is 7.49. The maximum Gasteiger partial charge on any atom is 0.0972 e. The van der Waals surface area contributed by atoms with E-state index >= 15 is 0 Å². The molecule has 2 heteroatoms. The fourth-order valence-corrected chi connectivity index (χ4v) is 3.89. The van der Waals surface area contributed by atoms with E-state index in [1.165, 1.54) is 21.2 Å². The van der Waals surface area contributed by atoms with Crippen LogP contribution < -0.4 is 10.4 Å². The number of hydrogen-bond acceptors (Lipinski definition) is 2. The molecule has 0 heterocycles. The number of aliphatic hydroxyl groups is 2. The van der Waals surface area contributed by atoms with Crippen molar-refractivity contribution >= 4 is 21.9 Å². The average Bonchev–Trinajstić information content (AvgIpc) is 2.87. The van der Waals surface area contributed by atoms with Gasteiger partial charge in [0.05, 0.1) is 12.2 Å². The third-order valence-corrected chi connectivity index (χ3v) is 4.84. The van der Waals surface area contributed by atoms with E-state index in [2.05, 4.69) is 30.3 Å². The summed E-state index contributed by atoms with van der Waals surface area (Å²) >= 11 is 0. The number of hydrogen-bond donors (Lipinski definition) is 2. The molecule has 0 aliphatic heterocycles. The van der Waals surface area contributed by atoms with Gasteiger partial charge in [-0.05, 0) is 37.9 Å². The van der Waals surface area contributed by atoms with Gasteiger partial charge < -0.3 is 10.2 Å². The van der Waals surface area contributed by atoms with E-state index in [-0.39, 0.29) is 0 Å². The molecule has 0 saturated heterocycles. The highest BCUT2D eigenvalue weighted by Crippen LogP contribution is 2.38. The van der Waals surface area contributed by atoms with Gasteiger partial charge in [0, 0.05) is 5.57 Å². The molecule has 22 heavy (non-hydrogen) atoms. The van der Waals surface area contributed by atoms with Gasteiger partial charge in [0.2, 0.25) is 0 Å². The molecule has 106 valence electrons. The molecule has 0 amide bonds. The summed E-state index contributed by atoms with van der Waals surface area (Å²) in [5.41, 5.74) is 3.94. The fourth-order valence-electron chi connectivity index (χ4n) is 3.89. The molecule has 2 unspecified atom stereocenters. The van der Waals surface area contributed by atoms with Crippen LogP contribution in [0.25, 0.3) is 21.9 Å². The molecular formula is C20H14O2. The number of rotatable bonds is 0. The van der Waals surface area contributed by atoms with Crippen LogP contribution in [0.2, 0.25) is 0 Å². The van der Waals surface area contributed by atoms with E-state index in [9.17, 15) is 10.2 Å². The Labute approximate surface area is 127 Å². The summed E-state index contributed by atoms with van der Waals surface area (Å²) in [4.78, 5) is 0. The van der Waals surface area contributed by atoms with Crippen LogP contribution in [0.15, 0.2) is 71.8 Å². The Bertz CT molecular complexity index is 1040. The predicted octanol–water partition coefficient (Wildman–Crippen LogP) is 1.31. The molecule has 0 spiro atoms. The minimum Gasteiger partial charge on any atom is -0.384 e. The second kappa shape index (κ2) is 4.07. The van der Waals surface area contributed by atoms with Gasteiger partial charge in [-0.2, -0.15) is 0 Å². The Hall–Kier alpha value is -2.42. The SMILES string of the molecule is OC1C=CC2=c3ccc4ccccc4c3=C3C=CC(O)C1=C23. The van der Waals surface area contributed by atoms with Crippen LogP contribution in [0, 0.1) is 0 Å². The lowest BCUT2D eigenvalue weighted by Gasteiger charge is -2.27. The highest BCUT2D eigenvalue weighted by molar-refractivity contribution is 6.04. The quantitative estimate of drug-likeness (QED) is 0.767. The van der Waals surface area contributed by atoms with Crippen molar-refractivity contribution in [1.29, 1.82) is 0 Å². The average molecular weight is 286 g/mol. The molecular weight excluding hydrogens is 272 g/mol. The molecule has 0 saturated carbocycles. The second-order valence-electron chi connectivity index (χ2n) is 5.97. The first-order valence-electron chi connectivity index (χ1n) is 7.49. The highest BCUT2D eigenvalue weighted by Gasteiger charge is 2.32. The summed E-state index contributed by atoms with van der Waals surface area (Å²) < 4.78 is 0. The maximum atomic E-state index is 10.3. The largest absolute Gasteiger partial charge is 0.384 e. The number of fused-ring (bicyclic) bond motifs is 3. The van der Waals surface area contributed by atoms with Gasteiger partial charge >= 0.3 is 0 Å². The van der Waals surface area contributed by atoms with Crippen molar-refractivity contribution in [3.63, 3.8) is 0 Å². The van der Waals surface area contributed by atoms with Crippen molar-refractivity contribution in [2.75, 3.05) is 0 Å². The van der Waals surface area contributed by atoms with Gasteiger partial charge in [-0.1, -0.05) is 60.7 Å². The van der Waals surface area contributed by atoms with Gasteiger partial charge in [0.15, 0.2) is 0 Å². The minimum atomic E-state index is -0.714. The Balaban J connectivity index is 2.07. The van der Waals surface area contributed by atoms with E-state index in [4.69, 9.17) is 0 Å². The molecule has 0 fully saturated rings. The first kappa shape index (κ1) is 12.2. The molecule has 0 aromatic heterocycles. The van der Waals surface area contributed by atoms with Crippen molar-refractivity contribution in [2.45, 2.75) is 12.2 Å². The third-order valence-electron chi connectivity index (χ3n) is 4.84. The van der Waals surface area contributed by atoms with Crippen LogP contribution in [-0.2, 0) is 0 Å². The number of benzene rings is 2. The standard InChI is InChI=1S/C20H14O2/c21-16-9-7-14-13-6-5-11-3-1-2-4-12(11)18(13)15-8-10-17(22)20(16)19(14)15/h1-10,16-17,21-22H. The Kier molecular flexibility index (Phi) is 2.25. The first-order chi connectivity index (χ1) is 10.8. The van der Waals surface area contributed by atoms with Gasteiger partial charge in [0.25, 0.3) is 0 Å². The summed E-state index contributed by atoms with van der Waals surface area (Å²) in [6.45, 7) is 0. The molecule has 2 aromatic rings. The normalized spacial score (nSPS) is 25.0. The van der Waals surface area contributed by atoms with Crippen molar-refractivity contribution in [1.82, 2.24) is 0 Å². The van der Waals surface area contributed by atoms with E-state index in [0.29, 0.717) is 5.57 Å². The van der Waals surface area contributed by atoms with Crippen molar-refractivity contribution in [3.8, 4) is 0 Å². The summed E-state index contributed by atoms with van der Waals surface area (Å²) in [6, 6.07) is 12.6. The van der Waals surface area contributed by atoms with Gasteiger partial charge in [0.1, 0.15) is 0 Å².